The van der Waals surface area contributed by atoms with Gasteiger partial charge < -0.3 is 16.0 Å². The summed E-state index contributed by atoms with van der Waals surface area (Å²) in [5.41, 5.74) is 6.36. The van der Waals surface area contributed by atoms with E-state index in [0.29, 0.717) is 6.54 Å². The number of aromatic nitrogens is 1. The standard InChI is InChI=1S/C13H18N4O2/c1-15-13(19)9-3-2-6-17(8-9)10-4-5-16-11(7-10)12(14)18/h4-5,7,9H,2-3,6,8H2,1H3,(H2,14,18)(H,15,19). The lowest BCUT2D eigenvalue weighted by atomic mass is 9.97. The van der Waals surface area contributed by atoms with Gasteiger partial charge in [-0.15, -0.1) is 0 Å². The molecule has 2 heterocycles. The topological polar surface area (TPSA) is 88.3 Å². The number of nitrogens with one attached hydrogen (secondary N) is 1. The molecule has 19 heavy (non-hydrogen) atoms. The van der Waals surface area contributed by atoms with Gasteiger partial charge in [0, 0.05) is 32.0 Å². The highest BCUT2D eigenvalue weighted by Crippen LogP contribution is 2.23. The Labute approximate surface area is 112 Å². The summed E-state index contributed by atoms with van der Waals surface area (Å²) in [4.78, 5) is 28.8. The van der Waals surface area contributed by atoms with E-state index in [9.17, 15) is 9.59 Å². The Balaban J connectivity index is 2.15. The van der Waals surface area contributed by atoms with Crippen LogP contribution in [0.4, 0.5) is 5.69 Å². The summed E-state index contributed by atoms with van der Waals surface area (Å²) in [5.74, 6) is -0.487. The van der Waals surface area contributed by atoms with Gasteiger partial charge in [0.15, 0.2) is 0 Å². The van der Waals surface area contributed by atoms with Crippen LogP contribution in [0.2, 0.25) is 0 Å². The molecule has 6 heteroatoms. The van der Waals surface area contributed by atoms with E-state index in [-0.39, 0.29) is 17.5 Å². The largest absolute Gasteiger partial charge is 0.371 e. The van der Waals surface area contributed by atoms with Gasteiger partial charge in [-0.05, 0) is 25.0 Å². The number of primary amides is 1. The van der Waals surface area contributed by atoms with Crippen molar-refractivity contribution in [1.82, 2.24) is 10.3 Å². The molecule has 1 aromatic rings. The molecule has 1 unspecified atom stereocenters. The van der Waals surface area contributed by atoms with Crippen molar-refractivity contribution in [1.29, 1.82) is 0 Å². The molecule has 102 valence electrons. The van der Waals surface area contributed by atoms with Crippen molar-refractivity contribution in [2.45, 2.75) is 12.8 Å². The number of pyridine rings is 1. The number of piperidine rings is 1. The maximum Gasteiger partial charge on any atom is 0.267 e. The normalized spacial score (nSPS) is 19.0. The van der Waals surface area contributed by atoms with Crippen molar-refractivity contribution in [3.63, 3.8) is 0 Å². The number of amides is 2. The Kier molecular flexibility index (Phi) is 3.99. The Morgan fingerprint density at radius 1 is 1.53 bits per heavy atom. The predicted molar refractivity (Wildman–Crippen MR) is 71.8 cm³/mol. The first-order valence-corrected chi connectivity index (χ1v) is 6.34. The first kappa shape index (κ1) is 13.3. The van der Waals surface area contributed by atoms with E-state index in [1.54, 1.807) is 19.3 Å². The first-order chi connectivity index (χ1) is 9.11. The monoisotopic (exact) mass is 262 g/mol. The third-order valence-electron chi connectivity index (χ3n) is 3.40. The highest BCUT2D eigenvalue weighted by Gasteiger charge is 2.25. The molecule has 0 aliphatic carbocycles. The number of carbonyl (C=O) groups excluding carboxylic acids is 2. The molecule has 1 aliphatic rings. The molecule has 1 aromatic heterocycles. The van der Waals surface area contributed by atoms with Gasteiger partial charge in [-0.3, -0.25) is 14.6 Å². The Morgan fingerprint density at radius 2 is 2.32 bits per heavy atom. The van der Waals surface area contributed by atoms with Crippen molar-refractivity contribution in [3.05, 3.63) is 24.0 Å². The van der Waals surface area contributed by atoms with Crippen LogP contribution < -0.4 is 16.0 Å². The van der Waals surface area contributed by atoms with Crippen molar-refractivity contribution in [3.8, 4) is 0 Å². The molecular weight excluding hydrogens is 244 g/mol. The highest BCUT2D eigenvalue weighted by atomic mass is 16.2. The van der Waals surface area contributed by atoms with Crippen molar-refractivity contribution in [2.75, 3.05) is 25.0 Å². The molecule has 1 atom stereocenters. The van der Waals surface area contributed by atoms with Gasteiger partial charge >= 0.3 is 0 Å². The van der Waals surface area contributed by atoms with Crippen LogP contribution in [0.15, 0.2) is 18.3 Å². The molecule has 0 spiro atoms. The molecular formula is C13H18N4O2. The summed E-state index contributed by atoms with van der Waals surface area (Å²) in [6, 6.07) is 3.51. The third-order valence-corrected chi connectivity index (χ3v) is 3.40. The Bertz CT molecular complexity index is 489. The summed E-state index contributed by atoms with van der Waals surface area (Å²) >= 11 is 0. The van der Waals surface area contributed by atoms with E-state index >= 15 is 0 Å². The van der Waals surface area contributed by atoms with Gasteiger partial charge in [0.05, 0.1) is 5.92 Å². The number of rotatable bonds is 3. The number of hydrogen-bond acceptors (Lipinski definition) is 4. The second-order valence-corrected chi connectivity index (χ2v) is 4.66. The van der Waals surface area contributed by atoms with Gasteiger partial charge in [-0.2, -0.15) is 0 Å². The summed E-state index contributed by atoms with van der Waals surface area (Å²) in [6.07, 6.45) is 3.41. The summed E-state index contributed by atoms with van der Waals surface area (Å²) in [7, 11) is 1.65. The van der Waals surface area contributed by atoms with Gasteiger partial charge in [0.25, 0.3) is 5.91 Å². The lowest BCUT2D eigenvalue weighted by Gasteiger charge is -2.33. The minimum Gasteiger partial charge on any atom is -0.371 e. The molecule has 1 fully saturated rings. The van der Waals surface area contributed by atoms with E-state index in [1.165, 1.54) is 0 Å². The molecule has 0 radical (unpaired) electrons. The molecule has 0 aromatic carbocycles. The van der Waals surface area contributed by atoms with Gasteiger partial charge in [-0.25, -0.2) is 0 Å². The van der Waals surface area contributed by atoms with Gasteiger partial charge in [0.2, 0.25) is 5.91 Å². The smallest absolute Gasteiger partial charge is 0.267 e. The zero-order valence-electron chi connectivity index (χ0n) is 10.9. The lowest BCUT2D eigenvalue weighted by molar-refractivity contribution is -0.124. The maximum atomic E-state index is 11.7. The zero-order chi connectivity index (χ0) is 13.8. The number of nitrogens with two attached hydrogens (primary N) is 1. The van der Waals surface area contributed by atoms with Gasteiger partial charge in [0.1, 0.15) is 5.69 Å². The Hall–Kier alpha value is -2.11. The van der Waals surface area contributed by atoms with Crippen LogP contribution in [0.5, 0.6) is 0 Å². The van der Waals surface area contributed by atoms with E-state index in [4.69, 9.17) is 5.73 Å². The quantitative estimate of drug-likeness (QED) is 0.811. The van der Waals surface area contributed by atoms with Crippen LogP contribution in [-0.4, -0.2) is 36.9 Å². The van der Waals surface area contributed by atoms with E-state index in [2.05, 4.69) is 15.2 Å². The molecule has 3 N–H and O–H groups in total. The third kappa shape index (κ3) is 3.01. The Morgan fingerprint density at radius 3 is 3.00 bits per heavy atom. The van der Waals surface area contributed by atoms with Crippen LogP contribution in [0.3, 0.4) is 0 Å². The molecule has 2 rings (SSSR count). The number of carbonyl (C=O) groups is 2. The van der Waals surface area contributed by atoms with E-state index in [0.717, 1.165) is 25.1 Å². The van der Waals surface area contributed by atoms with Crippen LogP contribution in [0.1, 0.15) is 23.3 Å². The van der Waals surface area contributed by atoms with Gasteiger partial charge in [-0.1, -0.05) is 0 Å². The number of hydrogen-bond donors (Lipinski definition) is 2. The van der Waals surface area contributed by atoms with Crippen LogP contribution in [-0.2, 0) is 4.79 Å². The SMILES string of the molecule is CNC(=O)C1CCCN(c2ccnc(C(N)=O)c2)C1. The number of anilines is 1. The highest BCUT2D eigenvalue weighted by molar-refractivity contribution is 5.91. The molecule has 1 aliphatic heterocycles. The predicted octanol–water partition coefficient (Wildman–Crippen LogP) is 0.143. The summed E-state index contributed by atoms with van der Waals surface area (Å²) in [6.45, 7) is 1.53. The fraction of sp³-hybridized carbons (Fsp3) is 0.462. The van der Waals surface area contributed by atoms with E-state index < -0.39 is 5.91 Å². The van der Waals surface area contributed by atoms with Crippen LogP contribution in [0, 0.1) is 5.92 Å². The number of nitrogens with zero attached hydrogens (tertiary/aromatic N) is 2. The van der Waals surface area contributed by atoms with Crippen molar-refractivity contribution in [2.24, 2.45) is 11.7 Å². The average molecular weight is 262 g/mol. The summed E-state index contributed by atoms with van der Waals surface area (Å²) in [5, 5.41) is 2.68. The first-order valence-electron chi connectivity index (χ1n) is 6.34. The average Bonchev–Trinajstić information content (AvgIpc) is 2.46. The molecule has 0 saturated carbocycles. The summed E-state index contributed by atoms with van der Waals surface area (Å²) < 4.78 is 0. The molecule has 0 bridgehead atoms. The molecule has 6 nitrogen and oxygen atoms in total. The second kappa shape index (κ2) is 5.69. The van der Waals surface area contributed by atoms with Crippen LogP contribution >= 0.6 is 0 Å². The lowest BCUT2D eigenvalue weighted by Crippen LogP contribution is -2.42. The van der Waals surface area contributed by atoms with Crippen molar-refractivity contribution < 1.29 is 9.59 Å². The fourth-order valence-electron chi connectivity index (χ4n) is 2.38. The van der Waals surface area contributed by atoms with Crippen LogP contribution in [0.25, 0.3) is 0 Å². The maximum absolute atomic E-state index is 11.7. The zero-order valence-corrected chi connectivity index (χ0v) is 10.9. The molecule has 2 amide bonds. The van der Waals surface area contributed by atoms with E-state index in [1.807, 2.05) is 6.07 Å². The fourth-order valence-corrected chi connectivity index (χ4v) is 2.38. The molecule has 1 saturated heterocycles. The van der Waals surface area contributed by atoms with Crippen molar-refractivity contribution >= 4 is 17.5 Å². The minimum atomic E-state index is -0.540. The second-order valence-electron chi connectivity index (χ2n) is 4.66. The minimum absolute atomic E-state index is 0.0102.